The molecule has 2 unspecified atom stereocenters. The lowest BCUT2D eigenvalue weighted by molar-refractivity contribution is 0.0545. The highest BCUT2D eigenvalue weighted by Gasteiger charge is 2.38. The summed E-state index contributed by atoms with van der Waals surface area (Å²) in [4.78, 5) is 14.5. The van der Waals surface area contributed by atoms with Crippen molar-refractivity contribution in [2.24, 2.45) is 5.92 Å². The molecule has 0 spiro atoms. The number of carbonyl (C=O) groups is 1. The zero-order valence-electron chi connectivity index (χ0n) is 10.9. The lowest BCUT2D eigenvalue weighted by atomic mass is 9.91. The number of piperidine rings is 1. The highest BCUT2D eigenvalue weighted by molar-refractivity contribution is 5.97. The number of rotatable bonds is 1. The van der Waals surface area contributed by atoms with Gasteiger partial charge >= 0.3 is 0 Å². The van der Waals surface area contributed by atoms with E-state index in [1.807, 2.05) is 4.90 Å². The summed E-state index contributed by atoms with van der Waals surface area (Å²) in [6, 6.07) is 4.44. The average molecular weight is 261 g/mol. The quantitative estimate of drug-likeness (QED) is 0.764. The van der Waals surface area contributed by atoms with Gasteiger partial charge in [0.15, 0.2) is 0 Å². The third-order valence-corrected chi connectivity index (χ3v) is 4.46. The van der Waals surface area contributed by atoms with Gasteiger partial charge in [0.2, 0.25) is 0 Å². The number of nitrogens with zero attached hydrogens (tertiary/aromatic N) is 1. The van der Waals surface area contributed by atoms with E-state index in [9.17, 15) is 15.0 Å². The maximum absolute atomic E-state index is 12.6. The van der Waals surface area contributed by atoms with E-state index in [1.165, 1.54) is 37.5 Å². The van der Waals surface area contributed by atoms with Crippen LogP contribution in [0.5, 0.6) is 11.5 Å². The van der Waals surface area contributed by atoms with E-state index in [2.05, 4.69) is 0 Å². The van der Waals surface area contributed by atoms with Gasteiger partial charge in [0.1, 0.15) is 11.5 Å². The van der Waals surface area contributed by atoms with E-state index < -0.39 is 0 Å². The van der Waals surface area contributed by atoms with Crippen molar-refractivity contribution in [3.8, 4) is 11.5 Å². The second kappa shape index (κ2) is 4.76. The van der Waals surface area contributed by atoms with Gasteiger partial charge in [-0.3, -0.25) is 4.79 Å². The molecule has 1 aromatic carbocycles. The van der Waals surface area contributed by atoms with Crippen molar-refractivity contribution in [2.75, 3.05) is 6.54 Å². The molecule has 19 heavy (non-hydrogen) atoms. The molecule has 1 aliphatic heterocycles. The first-order valence-electron chi connectivity index (χ1n) is 7.00. The zero-order valence-corrected chi connectivity index (χ0v) is 10.9. The van der Waals surface area contributed by atoms with Crippen molar-refractivity contribution < 1.29 is 15.0 Å². The number of amides is 1. The number of likely N-dealkylation sites (tertiary alicyclic amines) is 1. The minimum absolute atomic E-state index is 0.0149. The Labute approximate surface area is 112 Å². The first-order valence-corrected chi connectivity index (χ1v) is 7.00. The lowest BCUT2D eigenvalue weighted by Gasteiger charge is -2.38. The third kappa shape index (κ3) is 2.15. The largest absolute Gasteiger partial charge is 0.508 e. The summed E-state index contributed by atoms with van der Waals surface area (Å²) in [7, 11) is 0. The number of phenolic OH excluding ortho intramolecular Hbond substituents is 2. The molecule has 0 bridgehead atoms. The Kier molecular flexibility index (Phi) is 3.09. The van der Waals surface area contributed by atoms with E-state index in [0.717, 1.165) is 19.4 Å². The van der Waals surface area contributed by atoms with Gasteiger partial charge in [-0.25, -0.2) is 0 Å². The van der Waals surface area contributed by atoms with Crippen molar-refractivity contribution >= 4 is 5.91 Å². The minimum Gasteiger partial charge on any atom is -0.508 e. The van der Waals surface area contributed by atoms with E-state index in [0.29, 0.717) is 12.0 Å². The van der Waals surface area contributed by atoms with Crippen LogP contribution in [0.2, 0.25) is 0 Å². The van der Waals surface area contributed by atoms with Gasteiger partial charge in [0.25, 0.3) is 5.91 Å². The number of aromatic hydroxyl groups is 2. The maximum Gasteiger partial charge on any atom is 0.258 e. The Morgan fingerprint density at radius 3 is 2.79 bits per heavy atom. The summed E-state index contributed by atoms with van der Waals surface area (Å²) < 4.78 is 0. The monoisotopic (exact) mass is 261 g/mol. The Bertz CT molecular complexity index is 500. The molecule has 2 fully saturated rings. The summed E-state index contributed by atoms with van der Waals surface area (Å²) in [5, 5.41) is 19.3. The Balaban J connectivity index is 1.88. The van der Waals surface area contributed by atoms with Gasteiger partial charge in [-0.1, -0.05) is 6.42 Å². The SMILES string of the molecule is O=C(c1cc(O)ccc1O)N1CCCC2CCCC21. The first kappa shape index (κ1) is 12.3. The molecular formula is C15H19NO3. The second-order valence-corrected chi connectivity index (χ2v) is 5.60. The molecule has 102 valence electrons. The van der Waals surface area contributed by atoms with Crippen molar-refractivity contribution in [1.82, 2.24) is 4.90 Å². The molecule has 4 nitrogen and oxygen atoms in total. The minimum atomic E-state index is -0.148. The standard InChI is InChI=1S/C15H19NO3/c17-11-6-7-14(18)12(9-11)15(19)16-8-2-4-10-3-1-5-13(10)16/h6-7,9-10,13,17-18H,1-5,8H2. The van der Waals surface area contributed by atoms with Crippen molar-refractivity contribution in [3.05, 3.63) is 23.8 Å². The summed E-state index contributed by atoms with van der Waals surface area (Å²) in [5.41, 5.74) is 0.215. The van der Waals surface area contributed by atoms with Crippen LogP contribution in [-0.4, -0.2) is 33.6 Å². The lowest BCUT2D eigenvalue weighted by Crippen LogP contribution is -2.46. The highest BCUT2D eigenvalue weighted by Crippen LogP contribution is 2.38. The zero-order chi connectivity index (χ0) is 13.4. The van der Waals surface area contributed by atoms with Crippen molar-refractivity contribution in [1.29, 1.82) is 0 Å². The number of hydrogen-bond acceptors (Lipinski definition) is 3. The summed E-state index contributed by atoms with van der Waals surface area (Å²) >= 11 is 0. The summed E-state index contributed by atoms with van der Waals surface area (Å²) in [6.45, 7) is 0.759. The summed E-state index contributed by atoms with van der Waals surface area (Å²) in [5.74, 6) is 0.436. The van der Waals surface area contributed by atoms with Gasteiger partial charge < -0.3 is 15.1 Å². The van der Waals surface area contributed by atoms with Crippen LogP contribution < -0.4 is 0 Å². The number of fused-ring (bicyclic) bond motifs is 1. The molecule has 3 rings (SSSR count). The van der Waals surface area contributed by atoms with Gasteiger partial charge in [-0.2, -0.15) is 0 Å². The smallest absolute Gasteiger partial charge is 0.258 e. The number of carbonyl (C=O) groups excluding carboxylic acids is 1. The van der Waals surface area contributed by atoms with Crippen LogP contribution in [0.4, 0.5) is 0 Å². The molecule has 1 amide bonds. The van der Waals surface area contributed by atoms with Crippen LogP contribution in [-0.2, 0) is 0 Å². The van der Waals surface area contributed by atoms with Gasteiger partial charge in [0, 0.05) is 12.6 Å². The fourth-order valence-corrected chi connectivity index (χ4v) is 3.56. The van der Waals surface area contributed by atoms with Crippen LogP contribution in [0.3, 0.4) is 0 Å². The highest BCUT2D eigenvalue weighted by atomic mass is 16.3. The van der Waals surface area contributed by atoms with Gasteiger partial charge in [0.05, 0.1) is 5.56 Å². The summed E-state index contributed by atoms with van der Waals surface area (Å²) in [6.07, 6.45) is 5.70. The van der Waals surface area contributed by atoms with Crippen LogP contribution in [0, 0.1) is 5.92 Å². The molecule has 2 aliphatic rings. The normalized spacial score (nSPS) is 26.2. The van der Waals surface area contributed by atoms with E-state index >= 15 is 0 Å². The third-order valence-electron chi connectivity index (χ3n) is 4.46. The number of phenols is 2. The molecule has 1 saturated heterocycles. The molecule has 0 radical (unpaired) electrons. The van der Waals surface area contributed by atoms with Crippen LogP contribution in [0.15, 0.2) is 18.2 Å². The van der Waals surface area contributed by atoms with E-state index in [-0.39, 0.29) is 23.0 Å². The fraction of sp³-hybridized carbons (Fsp3) is 0.533. The van der Waals surface area contributed by atoms with Crippen molar-refractivity contribution in [3.63, 3.8) is 0 Å². The predicted octanol–water partition coefficient (Wildman–Crippen LogP) is 2.50. The molecule has 1 aliphatic carbocycles. The average Bonchev–Trinajstić information content (AvgIpc) is 2.89. The first-order chi connectivity index (χ1) is 9.16. The maximum atomic E-state index is 12.6. The van der Waals surface area contributed by atoms with Crippen LogP contribution >= 0.6 is 0 Å². The van der Waals surface area contributed by atoms with Crippen LogP contribution in [0.1, 0.15) is 42.5 Å². The van der Waals surface area contributed by atoms with Crippen LogP contribution in [0.25, 0.3) is 0 Å². The Hall–Kier alpha value is -1.71. The van der Waals surface area contributed by atoms with E-state index in [1.54, 1.807) is 0 Å². The molecule has 2 atom stereocenters. The number of benzene rings is 1. The Morgan fingerprint density at radius 2 is 1.95 bits per heavy atom. The second-order valence-electron chi connectivity index (χ2n) is 5.60. The number of hydrogen-bond donors (Lipinski definition) is 2. The molecule has 2 N–H and O–H groups in total. The van der Waals surface area contributed by atoms with Crippen molar-refractivity contribution in [2.45, 2.75) is 38.1 Å². The predicted molar refractivity (Wildman–Crippen MR) is 71.2 cm³/mol. The molecule has 1 saturated carbocycles. The van der Waals surface area contributed by atoms with Gasteiger partial charge in [-0.15, -0.1) is 0 Å². The molecule has 4 heteroatoms. The Morgan fingerprint density at radius 1 is 1.16 bits per heavy atom. The topological polar surface area (TPSA) is 60.8 Å². The molecule has 1 aromatic rings. The molecule has 1 heterocycles. The molecule has 0 aromatic heterocycles. The van der Waals surface area contributed by atoms with Gasteiger partial charge in [-0.05, 0) is 49.8 Å². The fourth-order valence-electron chi connectivity index (χ4n) is 3.56. The molecular weight excluding hydrogens is 242 g/mol. The van der Waals surface area contributed by atoms with E-state index in [4.69, 9.17) is 0 Å².